The lowest BCUT2D eigenvalue weighted by Crippen LogP contribution is -2.27. The van der Waals surface area contributed by atoms with E-state index in [4.69, 9.17) is 0 Å². The van der Waals surface area contributed by atoms with E-state index in [1.165, 1.54) is 12.2 Å². The van der Waals surface area contributed by atoms with Crippen molar-refractivity contribution < 1.29 is 40.7 Å². The zero-order valence-corrected chi connectivity index (χ0v) is 12.3. The molecule has 0 bridgehead atoms. The highest BCUT2D eigenvalue weighted by molar-refractivity contribution is 5.97. The molecular formula is C16H10F6O3. The first-order valence-corrected chi connectivity index (χ1v) is 7.20. The van der Waals surface area contributed by atoms with Crippen molar-refractivity contribution >= 4 is 11.9 Å². The fourth-order valence-corrected chi connectivity index (χ4v) is 3.17. The molecule has 1 saturated heterocycles. The van der Waals surface area contributed by atoms with Gasteiger partial charge in [-0.1, -0.05) is 12.2 Å². The summed E-state index contributed by atoms with van der Waals surface area (Å²) in [7, 11) is 0. The molecule has 0 amide bonds. The number of carbonyl (C=O) groups excluding carboxylic acids is 2. The number of carbonyl (C=O) groups is 2. The average Bonchev–Trinajstić information content (AvgIpc) is 2.80. The Hall–Kier alpha value is -2.32. The maximum Gasteiger partial charge on any atom is 0.416 e. The lowest BCUT2D eigenvalue weighted by atomic mass is 9.74. The average molecular weight is 364 g/mol. The molecule has 25 heavy (non-hydrogen) atoms. The Morgan fingerprint density at radius 1 is 0.880 bits per heavy atom. The first-order valence-electron chi connectivity index (χ1n) is 7.20. The van der Waals surface area contributed by atoms with Crippen LogP contribution in [0.25, 0.3) is 0 Å². The monoisotopic (exact) mass is 364 g/mol. The maximum absolute atomic E-state index is 13.0. The summed E-state index contributed by atoms with van der Waals surface area (Å²) in [5.74, 6) is -4.86. The Balaban J connectivity index is 2.13. The van der Waals surface area contributed by atoms with E-state index in [-0.39, 0.29) is 18.1 Å². The Morgan fingerprint density at radius 3 is 1.96 bits per heavy atom. The first-order chi connectivity index (χ1) is 11.5. The predicted molar refractivity (Wildman–Crippen MR) is 71.0 cm³/mol. The maximum atomic E-state index is 13.0. The number of halogens is 6. The Bertz CT molecular complexity index is 730. The van der Waals surface area contributed by atoms with Crippen molar-refractivity contribution in [2.24, 2.45) is 11.8 Å². The summed E-state index contributed by atoms with van der Waals surface area (Å²) in [5, 5.41) is 0. The van der Waals surface area contributed by atoms with E-state index < -0.39 is 53.2 Å². The normalized spacial score (nSPS) is 26.6. The van der Waals surface area contributed by atoms with Gasteiger partial charge in [0.2, 0.25) is 0 Å². The van der Waals surface area contributed by atoms with Crippen LogP contribution in [0.4, 0.5) is 26.3 Å². The van der Waals surface area contributed by atoms with Crippen LogP contribution in [-0.4, -0.2) is 11.9 Å². The van der Waals surface area contributed by atoms with Gasteiger partial charge in [-0.15, -0.1) is 0 Å². The molecule has 1 aromatic carbocycles. The molecule has 1 heterocycles. The van der Waals surface area contributed by atoms with Gasteiger partial charge in [-0.05, 0) is 30.2 Å². The van der Waals surface area contributed by atoms with Crippen LogP contribution in [0.15, 0.2) is 30.4 Å². The fraction of sp³-hybridized carbons (Fsp3) is 0.375. The first kappa shape index (κ1) is 17.5. The summed E-state index contributed by atoms with van der Waals surface area (Å²) >= 11 is 0. The topological polar surface area (TPSA) is 43.4 Å². The summed E-state index contributed by atoms with van der Waals surface area (Å²) in [6.07, 6.45) is -7.02. The van der Waals surface area contributed by atoms with Crippen LogP contribution < -0.4 is 0 Å². The second-order valence-corrected chi connectivity index (χ2v) is 5.90. The molecule has 0 spiro atoms. The van der Waals surface area contributed by atoms with Gasteiger partial charge in [-0.25, -0.2) is 0 Å². The number of hydrogen-bond donors (Lipinski definition) is 0. The molecule has 3 nitrogen and oxygen atoms in total. The number of benzene rings is 1. The van der Waals surface area contributed by atoms with Gasteiger partial charge < -0.3 is 4.74 Å². The van der Waals surface area contributed by atoms with Gasteiger partial charge in [0.1, 0.15) is 0 Å². The second kappa shape index (κ2) is 5.60. The molecule has 1 aromatic rings. The van der Waals surface area contributed by atoms with Gasteiger partial charge in [0.25, 0.3) is 0 Å². The number of allylic oxidation sites excluding steroid dienone is 2. The van der Waals surface area contributed by atoms with E-state index in [1.54, 1.807) is 0 Å². The van der Waals surface area contributed by atoms with Gasteiger partial charge >= 0.3 is 24.3 Å². The predicted octanol–water partition coefficient (Wildman–Crippen LogP) is 4.08. The SMILES string of the molecule is O=C1OC(=O)[C@@H]2CC=C[C@H](c3cc(C(F)(F)F)cc(C(F)(F)F)c3)[C@H]12. The molecule has 3 rings (SSSR count). The molecule has 2 aliphatic rings. The number of hydrogen-bond acceptors (Lipinski definition) is 3. The fourth-order valence-electron chi connectivity index (χ4n) is 3.17. The minimum absolute atomic E-state index is 0.0195. The minimum Gasteiger partial charge on any atom is -0.393 e. The third-order valence-corrected chi connectivity index (χ3v) is 4.32. The molecular weight excluding hydrogens is 354 g/mol. The van der Waals surface area contributed by atoms with E-state index in [0.29, 0.717) is 12.1 Å². The van der Waals surface area contributed by atoms with Crippen molar-refractivity contribution in [2.45, 2.75) is 24.7 Å². The Labute approximate surface area is 137 Å². The zero-order chi connectivity index (χ0) is 18.6. The lowest BCUT2D eigenvalue weighted by Gasteiger charge is -2.26. The van der Waals surface area contributed by atoms with Crippen LogP contribution in [0.5, 0.6) is 0 Å². The molecule has 134 valence electrons. The minimum atomic E-state index is -4.99. The van der Waals surface area contributed by atoms with Crippen molar-refractivity contribution in [1.82, 2.24) is 0 Å². The third kappa shape index (κ3) is 3.14. The van der Waals surface area contributed by atoms with E-state index in [0.717, 1.165) is 0 Å². The quantitative estimate of drug-likeness (QED) is 0.326. The van der Waals surface area contributed by atoms with Gasteiger partial charge in [0.15, 0.2) is 0 Å². The zero-order valence-electron chi connectivity index (χ0n) is 12.3. The van der Waals surface area contributed by atoms with E-state index in [1.807, 2.05) is 0 Å². The van der Waals surface area contributed by atoms with Crippen LogP contribution in [0.1, 0.15) is 29.0 Å². The molecule has 1 aliphatic heterocycles. The smallest absolute Gasteiger partial charge is 0.393 e. The Morgan fingerprint density at radius 2 is 1.44 bits per heavy atom. The highest BCUT2D eigenvalue weighted by atomic mass is 19.4. The molecule has 0 radical (unpaired) electrons. The van der Waals surface area contributed by atoms with Crippen molar-refractivity contribution in [2.75, 3.05) is 0 Å². The molecule has 1 aliphatic carbocycles. The van der Waals surface area contributed by atoms with Crippen molar-refractivity contribution in [3.63, 3.8) is 0 Å². The molecule has 0 unspecified atom stereocenters. The number of ether oxygens (including phenoxy) is 1. The van der Waals surface area contributed by atoms with Crippen LogP contribution in [0.3, 0.4) is 0 Å². The van der Waals surface area contributed by atoms with E-state index in [2.05, 4.69) is 4.74 Å². The number of rotatable bonds is 1. The van der Waals surface area contributed by atoms with Gasteiger partial charge in [0, 0.05) is 5.92 Å². The number of esters is 2. The van der Waals surface area contributed by atoms with Gasteiger partial charge in [-0.2, -0.15) is 26.3 Å². The molecule has 0 N–H and O–H groups in total. The van der Waals surface area contributed by atoms with Crippen molar-refractivity contribution in [3.8, 4) is 0 Å². The molecule has 1 fully saturated rings. The summed E-state index contributed by atoms with van der Waals surface area (Å²) in [5.41, 5.74) is -3.27. The number of cyclic esters (lactones) is 2. The third-order valence-electron chi connectivity index (χ3n) is 4.32. The lowest BCUT2D eigenvalue weighted by molar-refractivity contribution is -0.154. The summed E-state index contributed by atoms with van der Waals surface area (Å²) in [4.78, 5) is 23.5. The van der Waals surface area contributed by atoms with E-state index in [9.17, 15) is 35.9 Å². The van der Waals surface area contributed by atoms with Crippen LogP contribution in [0.2, 0.25) is 0 Å². The molecule has 3 atom stereocenters. The van der Waals surface area contributed by atoms with Crippen LogP contribution in [-0.2, 0) is 26.7 Å². The van der Waals surface area contributed by atoms with Crippen LogP contribution in [0, 0.1) is 11.8 Å². The summed E-state index contributed by atoms with van der Waals surface area (Å²) < 4.78 is 82.4. The molecule has 0 aromatic heterocycles. The number of alkyl halides is 6. The number of fused-ring (bicyclic) bond motifs is 1. The highest BCUT2D eigenvalue weighted by Gasteiger charge is 2.49. The second-order valence-electron chi connectivity index (χ2n) is 5.90. The van der Waals surface area contributed by atoms with Crippen molar-refractivity contribution in [1.29, 1.82) is 0 Å². The molecule has 9 heteroatoms. The summed E-state index contributed by atoms with van der Waals surface area (Å²) in [6, 6.07) is 1.16. The van der Waals surface area contributed by atoms with E-state index >= 15 is 0 Å². The largest absolute Gasteiger partial charge is 0.416 e. The highest BCUT2D eigenvalue weighted by Crippen LogP contribution is 2.45. The summed E-state index contributed by atoms with van der Waals surface area (Å²) in [6.45, 7) is 0. The molecule has 0 saturated carbocycles. The van der Waals surface area contributed by atoms with Gasteiger partial charge in [0.05, 0.1) is 23.0 Å². The Kier molecular flexibility index (Phi) is 3.92. The standard InChI is InChI=1S/C16H10F6O3/c17-15(18,19)8-4-7(5-9(6-8)16(20,21)22)10-2-1-3-11-12(10)14(24)25-13(11)23/h1-2,4-6,10-12H,3H2/t10-,11-,12+/m1/s1. The van der Waals surface area contributed by atoms with Crippen molar-refractivity contribution in [3.05, 3.63) is 47.0 Å². The van der Waals surface area contributed by atoms with Crippen LogP contribution >= 0.6 is 0 Å². The van der Waals surface area contributed by atoms with Gasteiger partial charge in [-0.3, -0.25) is 9.59 Å².